The van der Waals surface area contributed by atoms with E-state index in [9.17, 15) is 14.0 Å². The van der Waals surface area contributed by atoms with Gasteiger partial charge in [0.2, 0.25) is 5.91 Å². The second kappa shape index (κ2) is 9.52. The maximum atomic E-state index is 13.4. The standard InChI is InChI=1S/C22H26FN3O3/c1-3-25(22(28)17-4-9-20(23)16(2)14-17)15-21(27)24-18-5-7-19(8-6-18)26-10-12-29-13-11-26/h4-9,14H,3,10-13,15H2,1-2H3,(H,24,27). The van der Waals surface area contributed by atoms with Gasteiger partial charge in [0.15, 0.2) is 0 Å². The number of nitrogens with one attached hydrogen (secondary N) is 1. The lowest BCUT2D eigenvalue weighted by Crippen LogP contribution is -2.38. The van der Waals surface area contributed by atoms with Gasteiger partial charge >= 0.3 is 0 Å². The van der Waals surface area contributed by atoms with Crippen LogP contribution in [0.2, 0.25) is 0 Å². The molecule has 0 unspecified atom stereocenters. The van der Waals surface area contributed by atoms with Crippen LogP contribution in [0.15, 0.2) is 42.5 Å². The van der Waals surface area contributed by atoms with Gasteiger partial charge in [0.25, 0.3) is 5.91 Å². The Morgan fingerprint density at radius 1 is 1.14 bits per heavy atom. The molecule has 0 atom stereocenters. The number of benzene rings is 2. The molecule has 2 aromatic carbocycles. The monoisotopic (exact) mass is 399 g/mol. The summed E-state index contributed by atoms with van der Waals surface area (Å²) in [5.41, 5.74) is 2.53. The number of ether oxygens (including phenoxy) is 1. The van der Waals surface area contributed by atoms with Crippen LogP contribution in [0.4, 0.5) is 15.8 Å². The normalized spacial score (nSPS) is 13.8. The number of morpholine rings is 1. The number of likely N-dealkylation sites (N-methyl/N-ethyl adjacent to an activating group) is 1. The van der Waals surface area contributed by atoms with E-state index in [4.69, 9.17) is 4.74 Å². The Kier molecular flexibility index (Phi) is 6.82. The largest absolute Gasteiger partial charge is 0.378 e. The van der Waals surface area contributed by atoms with Crippen molar-refractivity contribution in [1.82, 2.24) is 4.90 Å². The lowest BCUT2D eigenvalue weighted by atomic mass is 10.1. The van der Waals surface area contributed by atoms with E-state index in [0.29, 0.717) is 36.6 Å². The van der Waals surface area contributed by atoms with E-state index in [1.807, 2.05) is 24.3 Å². The van der Waals surface area contributed by atoms with Gasteiger partial charge in [-0.25, -0.2) is 4.39 Å². The Morgan fingerprint density at radius 3 is 2.45 bits per heavy atom. The summed E-state index contributed by atoms with van der Waals surface area (Å²) in [6.07, 6.45) is 0. The van der Waals surface area contributed by atoms with Gasteiger partial charge in [0, 0.05) is 36.6 Å². The zero-order valence-electron chi connectivity index (χ0n) is 16.8. The molecule has 29 heavy (non-hydrogen) atoms. The molecule has 0 radical (unpaired) electrons. The Bertz CT molecular complexity index is 864. The molecule has 2 aromatic rings. The van der Waals surface area contributed by atoms with Crippen molar-refractivity contribution in [3.8, 4) is 0 Å². The Labute approximate surface area is 170 Å². The van der Waals surface area contributed by atoms with Gasteiger partial charge in [-0.15, -0.1) is 0 Å². The minimum absolute atomic E-state index is 0.0724. The first kappa shape index (κ1) is 20.8. The molecule has 1 N–H and O–H groups in total. The van der Waals surface area contributed by atoms with E-state index in [2.05, 4.69) is 10.2 Å². The molecular weight excluding hydrogens is 373 g/mol. The van der Waals surface area contributed by atoms with Gasteiger partial charge < -0.3 is 19.9 Å². The molecule has 154 valence electrons. The van der Waals surface area contributed by atoms with Gasteiger partial charge in [-0.3, -0.25) is 9.59 Å². The number of anilines is 2. The number of hydrogen-bond acceptors (Lipinski definition) is 4. The van der Waals surface area contributed by atoms with Crippen molar-refractivity contribution in [2.45, 2.75) is 13.8 Å². The molecule has 0 bridgehead atoms. The summed E-state index contributed by atoms with van der Waals surface area (Å²) in [7, 11) is 0. The van der Waals surface area contributed by atoms with Crippen LogP contribution < -0.4 is 10.2 Å². The van der Waals surface area contributed by atoms with Crippen LogP contribution >= 0.6 is 0 Å². The fourth-order valence-electron chi connectivity index (χ4n) is 3.24. The zero-order chi connectivity index (χ0) is 20.8. The molecule has 1 saturated heterocycles. The Hall–Kier alpha value is -2.93. The molecule has 0 saturated carbocycles. The van der Waals surface area contributed by atoms with Gasteiger partial charge in [0.1, 0.15) is 12.4 Å². The highest BCUT2D eigenvalue weighted by Crippen LogP contribution is 2.19. The highest BCUT2D eigenvalue weighted by Gasteiger charge is 2.18. The van der Waals surface area contributed by atoms with Crippen molar-refractivity contribution < 1.29 is 18.7 Å². The molecule has 6 nitrogen and oxygen atoms in total. The van der Waals surface area contributed by atoms with Crippen molar-refractivity contribution in [1.29, 1.82) is 0 Å². The van der Waals surface area contributed by atoms with Crippen molar-refractivity contribution in [3.63, 3.8) is 0 Å². The summed E-state index contributed by atoms with van der Waals surface area (Å²) in [6, 6.07) is 11.8. The predicted octanol–water partition coefficient (Wildman–Crippen LogP) is 3.07. The van der Waals surface area contributed by atoms with Crippen LogP contribution in [0, 0.1) is 12.7 Å². The molecular formula is C22H26FN3O3. The molecule has 2 amide bonds. The molecule has 0 aromatic heterocycles. The first-order valence-corrected chi connectivity index (χ1v) is 9.76. The third kappa shape index (κ3) is 5.32. The molecule has 1 aliphatic heterocycles. The lowest BCUT2D eigenvalue weighted by Gasteiger charge is -2.29. The molecule has 3 rings (SSSR count). The SMILES string of the molecule is CCN(CC(=O)Nc1ccc(N2CCOCC2)cc1)C(=O)c1ccc(F)c(C)c1. The van der Waals surface area contributed by atoms with Gasteiger partial charge in [-0.1, -0.05) is 0 Å². The summed E-state index contributed by atoms with van der Waals surface area (Å²) in [6.45, 7) is 6.84. The average Bonchev–Trinajstić information content (AvgIpc) is 2.74. The van der Waals surface area contributed by atoms with E-state index < -0.39 is 0 Å². The maximum absolute atomic E-state index is 13.4. The number of halogens is 1. The third-order valence-electron chi connectivity index (χ3n) is 4.94. The van der Waals surface area contributed by atoms with Crippen molar-refractivity contribution >= 4 is 23.2 Å². The number of hydrogen-bond donors (Lipinski definition) is 1. The van der Waals surface area contributed by atoms with Gasteiger partial charge in [-0.2, -0.15) is 0 Å². The van der Waals surface area contributed by atoms with Crippen molar-refractivity contribution in [2.24, 2.45) is 0 Å². The molecule has 7 heteroatoms. The summed E-state index contributed by atoms with van der Waals surface area (Å²) in [5.74, 6) is -0.936. The Balaban J connectivity index is 1.59. The Morgan fingerprint density at radius 2 is 1.83 bits per heavy atom. The first-order chi connectivity index (χ1) is 14.0. The molecule has 1 fully saturated rings. The van der Waals surface area contributed by atoms with Crippen molar-refractivity contribution in [3.05, 3.63) is 59.4 Å². The van der Waals surface area contributed by atoms with Crippen LogP contribution in [0.1, 0.15) is 22.8 Å². The quantitative estimate of drug-likeness (QED) is 0.811. The van der Waals surface area contributed by atoms with Crippen LogP contribution in [-0.2, 0) is 9.53 Å². The molecule has 1 heterocycles. The second-order valence-electron chi connectivity index (χ2n) is 6.98. The van der Waals surface area contributed by atoms with E-state index in [0.717, 1.165) is 18.8 Å². The van der Waals surface area contributed by atoms with Crippen LogP contribution in [0.3, 0.4) is 0 Å². The first-order valence-electron chi connectivity index (χ1n) is 9.76. The molecule has 0 spiro atoms. The fourth-order valence-corrected chi connectivity index (χ4v) is 3.24. The average molecular weight is 399 g/mol. The predicted molar refractivity (Wildman–Crippen MR) is 111 cm³/mol. The summed E-state index contributed by atoms with van der Waals surface area (Å²) in [5, 5.41) is 2.83. The topological polar surface area (TPSA) is 61.9 Å². The minimum atomic E-state index is -0.358. The number of rotatable bonds is 6. The number of amides is 2. The van der Waals surface area contributed by atoms with Crippen molar-refractivity contribution in [2.75, 3.05) is 49.6 Å². The van der Waals surface area contributed by atoms with Gasteiger partial charge in [-0.05, 0) is 61.9 Å². The van der Waals surface area contributed by atoms with E-state index in [-0.39, 0.29) is 24.2 Å². The summed E-state index contributed by atoms with van der Waals surface area (Å²) >= 11 is 0. The van der Waals surface area contributed by atoms with E-state index in [1.165, 1.54) is 23.1 Å². The summed E-state index contributed by atoms with van der Waals surface area (Å²) in [4.78, 5) is 28.8. The third-order valence-corrected chi connectivity index (χ3v) is 4.94. The highest BCUT2D eigenvalue weighted by atomic mass is 19.1. The minimum Gasteiger partial charge on any atom is -0.378 e. The second-order valence-corrected chi connectivity index (χ2v) is 6.98. The van der Waals surface area contributed by atoms with Crippen LogP contribution in [-0.4, -0.2) is 56.1 Å². The van der Waals surface area contributed by atoms with Crippen LogP contribution in [0.5, 0.6) is 0 Å². The number of aryl methyl sites for hydroxylation is 1. The molecule has 0 aliphatic carbocycles. The smallest absolute Gasteiger partial charge is 0.254 e. The van der Waals surface area contributed by atoms with E-state index >= 15 is 0 Å². The zero-order valence-corrected chi connectivity index (χ0v) is 16.8. The van der Waals surface area contributed by atoms with Crippen LogP contribution in [0.25, 0.3) is 0 Å². The number of nitrogens with zero attached hydrogens (tertiary/aromatic N) is 2. The molecule has 1 aliphatic rings. The number of carbonyl (C=O) groups excluding carboxylic acids is 2. The fraction of sp³-hybridized carbons (Fsp3) is 0.364. The number of carbonyl (C=O) groups is 2. The lowest BCUT2D eigenvalue weighted by molar-refractivity contribution is -0.116. The summed E-state index contributed by atoms with van der Waals surface area (Å²) < 4.78 is 18.8. The highest BCUT2D eigenvalue weighted by molar-refractivity contribution is 5.99. The van der Waals surface area contributed by atoms with Gasteiger partial charge in [0.05, 0.1) is 13.2 Å². The maximum Gasteiger partial charge on any atom is 0.254 e. The van der Waals surface area contributed by atoms with E-state index in [1.54, 1.807) is 13.8 Å².